The summed E-state index contributed by atoms with van der Waals surface area (Å²) >= 11 is 0. The molecular formula is C9H13FN4. The van der Waals surface area contributed by atoms with Gasteiger partial charge in [0.05, 0.1) is 18.4 Å². The Morgan fingerprint density at radius 1 is 1.50 bits per heavy atom. The van der Waals surface area contributed by atoms with E-state index in [1.807, 2.05) is 0 Å². The van der Waals surface area contributed by atoms with Crippen molar-refractivity contribution in [1.29, 1.82) is 0 Å². The molecule has 2 heterocycles. The summed E-state index contributed by atoms with van der Waals surface area (Å²) in [4.78, 5) is 10.1. The van der Waals surface area contributed by atoms with Crippen LogP contribution in [0.1, 0.15) is 11.9 Å². The first-order valence-electron chi connectivity index (χ1n) is 4.65. The summed E-state index contributed by atoms with van der Waals surface area (Å²) in [5.41, 5.74) is 0. The molecule has 0 saturated carbocycles. The fraction of sp³-hybridized carbons (Fsp3) is 0.556. The molecule has 1 saturated heterocycles. The Morgan fingerprint density at radius 3 is 2.86 bits per heavy atom. The van der Waals surface area contributed by atoms with E-state index in [0.717, 1.165) is 19.6 Å². The van der Waals surface area contributed by atoms with Crippen LogP contribution in [-0.4, -0.2) is 41.5 Å². The van der Waals surface area contributed by atoms with Crippen LogP contribution in [0.2, 0.25) is 0 Å². The second-order valence-electron chi connectivity index (χ2n) is 3.53. The van der Waals surface area contributed by atoms with E-state index in [1.54, 1.807) is 0 Å². The molecule has 1 aromatic heterocycles. The molecular weight excluding hydrogens is 183 g/mol. The molecule has 0 bridgehead atoms. The average Bonchev–Trinajstić information content (AvgIpc) is 2.19. The lowest BCUT2D eigenvalue weighted by molar-refractivity contribution is 0.235. The summed E-state index contributed by atoms with van der Waals surface area (Å²) in [5, 5.41) is 3.30. The third-order valence-corrected chi connectivity index (χ3v) is 2.33. The van der Waals surface area contributed by atoms with Crippen molar-refractivity contribution in [2.45, 2.75) is 6.04 Å². The van der Waals surface area contributed by atoms with E-state index in [0.29, 0.717) is 5.82 Å². The van der Waals surface area contributed by atoms with Crippen LogP contribution in [0.3, 0.4) is 0 Å². The van der Waals surface area contributed by atoms with Gasteiger partial charge in [-0.2, -0.15) is 0 Å². The maximum absolute atomic E-state index is 12.6. The van der Waals surface area contributed by atoms with Crippen LogP contribution >= 0.6 is 0 Å². The minimum Gasteiger partial charge on any atom is -0.305 e. The maximum atomic E-state index is 12.6. The van der Waals surface area contributed by atoms with Gasteiger partial charge in [0.2, 0.25) is 0 Å². The first-order chi connectivity index (χ1) is 6.75. The fourth-order valence-electron chi connectivity index (χ4n) is 1.57. The summed E-state index contributed by atoms with van der Waals surface area (Å²) in [6.07, 6.45) is 2.41. The Kier molecular flexibility index (Phi) is 2.69. The zero-order valence-electron chi connectivity index (χ0n) is 8.07. The zero-order chi connectivity index (χ0) is 9.97. The summed E-state index contributed by atoms with van der Waals surface area (Å²) in [7, 11) is 2.05. The van der Waals surface area contributed by atoms with Crippen molar-refractivity contribution in [3.05, 3.63) is 24.0 Å². The molecule has 0 amide bonds. The fourth-order valence-corrected chi connectivity index (χ4v) is 1.57. The molecule has 1 aromatic rings. The monoisotopic (exact) mass is 196 g/mol. The summed E-state index contributed by atoms with van der Waals surface area (Å²) in [6, 6.07) is 0.120. The van der Waals surface area contributed by atoms with E-state index >= 15 is 0 Å². The van der Waals surface area contributed by atoms with Gasteiger partial charge in [-0.05, 0) is 7.05 Å². The molecule has 0 radical (unpaired) electrons. The zero-order valence-corrected chi connectivity index (χ0v) is 8.07. The van der Waals surface area contributed by atoms with Gasteiger partial charge in [-0.3, -0.25) is 0 Å². The maximum Gasteiger partial charge on any atom is 0.159 e. The standard InChI is InChI=1S/C9H13FN4/c1-14-3-2-11-8(6-14)9-12-4-7(10)5-13-9/h4-5,8,11H,2-3,6H2,1H3. The van der Waals surface area contributed by atoms with Gasteiger partial charge in [0.25, 0.3) is 0 Å². The second kappa shape index (κ2) is 3.98. The molecule has 4 nitrogen and oxygen atoms in total. The first kappa shape index (κ1) is 9.48. The lowest BCUT2D eigenvalue weighted by Crippen LogP contribution is -2.44. The van der Waals surface area contributed by atoms with Crippen molar-refractivity contribution in [3.63, 3.8) is 0 Å². The molecule has 1 atom stereocenters. The predicted octanol–water partition coefficient (Wildman–Crippen LogP) is 0.192. The van der Waals surface area contributed by atoms with Crippen LogP contribution in [0.25, 0.3) is 0 Å². The van der Waals surface area contributed by atoms with Gasteiger partial charge < -0.3 is 10.2 Å². The van der Waals surface area contributed by atoms with Crippen molar-refractivity contribution >= 4 is 0 Å². The molecule has 5 heteroatoms. The van der Waals surface area contributed by atoms with E-state index < -0.39 is 5.82 Å². The highest BCUT2D eigenvalue weighted by Gasteiger charge is 2.20. The predicted molar refractivity (Wildman–Crippen MR) is 50.2 cm³/mol. The molecule has 1 aliphatic rings. The van der Waals surface area contributed by atoms with Crippen molar-refractivity contribution in [2.24, 2.45) is 0 Å². The number of nitrogens with zero attached hydrogens (tertiary/aromatic N) is 3. The number of halogens is 1. The highest BCUT2D eigenvalue weighted by molar-refractivity contribution is 4.99. The molecule has 0 aliphatic carbocycles. The molecule has 14 heavy (non-hydrogen) atoms. The van der Waals surface area contributed by atoms with Crippen molar-refractivity contribution in [3.8, 4) is 0 Å². The molecule has 1 unspecified atom stereocenters. The van der Waals surface area contributed by atoms with Gasteiger partial charge in [-0.25, -0.2) is 14.4 Å². The second-order valence-corrected chi connectivity index (χ2v) is 3.53. The SMILES string of the molecule is CN1CCNC(c2ncc(F)cn2)C1. The molecule has 1 N–H and O–H groups in total. The van der Waals surface area contributed by atoms with Crippen LogP contribution in [0.15, 0.2) is 12.4 Å². The van der Waals surface area contributed by atoms with E-state index in [2.05, 4.69) is 27.2 Å². The molecule has 1 aliphatic heterocycles. The van der Waals surface area contributed by atoms with Crippen LogP contribution < -0.4 is 5.32 Å². The lowest BCUT2D eigenvalue weighted by Gasteiger charge is -2.29. The topological polar surface area (TPSA) is 41.0 Å². The van der Waals surface area contributed by atoms with Crippen LogP contribution in [0.4, 0.5) is 4.39 Å². The van der Waals surface area contributed by atoms with Gasteiger partial charge in [0.15, 0.2) is 5.82 Å². The van der Waals surface area contributed by atoms with Gasteiger partial charge in [-0.15, -0.1) is 0 Å². The normalized spacial score (nSPS) is 23.7. The molecule has 76 valence electrons. The summed E-state index contributed by atoms with van der Waals surface area (Å²) < 4.78 is 12.6. The summed E-state index contributed by atoms with van der Waals surface area (Å²) in [5.74, 6) is 0.274. The van der Waals surface area contributed by atoms with E-state index in [-0.39, 0.29) is 6.04 Å². The van der Waals surface area contributed by atoms with Crippen molar-refractivity contribution in [1.82, 2.24) is 20.2 Å². The van der Waals surface area contributed by atoms with Gasteiger partial charge in [-0.1, -0.05) is 0 Å². The molecule has 2 rings (SSSR count). The molecule has 0 aromatic carbocycles. The van der Waals surface area contributed by atoms with Crippen LogP contribution in [0.5, 0.6) is 0 Å². The van der Waals surface area contributed by atoms with Gasteiger partial charge in [0.1, 0.15) is 5.82 Å². The number of piperazine rings is 1. The Labute approximate surface area is 82.2 Å². The minimum atomic E-state index is -0.391. The third-order valence-electron chi connectivity index (χ3n) is 2.33. The average molecular weight is 196 g/mol. The Morgan fingerprint density at radius 2 is 2.21 bits per heavy atom. The lowest BCUT2D eigenvalue weighted by atomic mass is 10.2. The largest absolute Gasteiger partial charge is 0.305 e. The van der Waals surface area contributed by atoms with Gasteiger partial charge in [0, 0.05) is 19.6 Å². The molecule has 1 fully saturated rings. The number of hydrogen-bond donors (Lipinski definition) is 1. The number of hydrogen-bond acceptors (Lipinski definition) is 4. The van der Waals surface area contributed by atoms with Gasteiger partial charge >= 0.3 is 0 Å². The van der Waals surface area contributed by atoms with Crippen molar-refractivity contribution < 1.29 is 4.39 Å². The minimum absolute atomic E-state index is 0.120. The Hall–Kier alpha value is -1.07. The van der Waals surface area contributed by atoms with Crippen molar-refractivity contribution in [2.75, 3.05) is 26.7 Å². The number of aromatic nitrogens is 2. The van der Waals surface area contributed by atoms with E-state index in [4.69, 9.17) is 0 Å². The third kappa shape index (κ3) is 2.05. The quantitative estimate of drug-likeness (QED) is 0.696. The number of rotatable bonds is 1. The van der Waals surface area contributed by atoms with Crippen LogP contribution in [0, 0.1) is 5.82 Å². The highest BCUT2D eigenvalue weighted by atomic mass is 19.1. The van der Waals surface area contributed by atoms with E-state index in [1.165, 1.54) is 12.4 Å². The molecule has 0 spiro atoms. The first-order valence-corrected chi connectivity index (χ1v) is 4.65. The highest BCUT2D eigenvalue weighted by Crippen LogP contribution is 2.11. The van der Waals surface area contributed by atoms with E-state index in [9.17, 15) is 4.39 Å². The number of nitrogens with one attached hydrogen (secondary N) is 1. The van der Waals surface area contributed by atoms with Crippen LogP contribution in [-0.2, 0) is 0 Å². The Bertz CT molecular complexity index is 300. The Balaban J connectivity index is 2.10. The number of likely N-dealkylation sites (N-methyl/N-ethyl adjacent to an activating group) is 1. The smallest absolute Gasteiger partial charge is 0.159 e. The summed E-state index contributed by atoms with van der Waals surface area (Å²) in [6.45, 7) is 2.81.